The lowest BCUT2D eigenvalue weighted by Gasteiger charge is -2.16. The van der Waals surface area contributed by atoms with Gasteiger partial charge in [0.1, 0.15) is 5.75 Å². The molecule has 0 aliphatic rings. The van der Waals surface area contributed by atoms with E-state index < -0.39 is 8.07 Å². The average molecular weight is 238 g/mol. The normalized spacial score (nSPS) is 11.0. The van der Waals surface area contributed by atoms with E-state index in [1.165, 1.54) is 7.11 Å². The lowest BCUT2D eigenvalue weighted by molar-refractivity contribution is 0.0600. The van der Waals surface area contributed by atoms with Crippen molar-refractivity contribution in [3.8, 4) is 5.75 Å². The Hall–Kier alpha value is -1.29. The molecule has 1 rings (SSSR count). The first-order chi connectivity index (χ1) is 7.42. The maximum absolute atomic E-state index is 11.3. The molecule has 0 bridgehead atoms. The summed E-state index contributed by atoms with van der Waals surface area (Å²) in [5, 5.41) is 0. The number of methoxy groups -OCH3 is 1. The number of hydrogen-bond donors (Lipinski definition) is 0. The molecule has 0 aliphatic carbocycles. The Morgan fingerprint density at radius 2 is 2.00 bits per heavy atom. The van der Waals surface area contributed by atoms with E-state index in [1.54, 1.807) is 18.2 Å². The van der Waals surface area contributed by atoms with Crippen LogP contribution in [0.2, 0.25) is 19.6 Å². The summed E-state index contributed by atoms with van der Waals surface area (Å²) in [5.74, 6) is 0.392. The van der Waals surface area contributed by atoms with Gasteiger partial charge >= 0.3 is 5.97 Å². The first-order valence-corrected chi connectivity index (χ1v) is 8.94. The van der Waals surface area contributed by atoms with Gasteiger partial charge in [0.15, 0.2) is 0 Å². The van der Waals surface area contributed by atoms with Gasteiger partial charge in [-0.2, -0.15) is 0 Å². The minimum atomic E-state index is -1.23. The molecule has 0 N–H and O–H groups in total. The maximum Gasteiger partial charge on any atom is 0.337 e. The van der Waals surface area contributed by atoms with Gasteiger partial charge in [0.25, 0.3) is 0 Å². The second-order valence-electron chi connectivity index (χ2n) is 4.87. The van der Waals surface area contributed by atoms with Crippen molar-refractivity contribution in [2.45, 2.75) is 19.6 Å². The smallest absolute Gasteiger partial charge is 0.337 e. The molecule has 1 aromatic rings. The van der Waals surface area contributed by atoms with Crippen LogP contribution in [0.15, 0.2) is 24.3 Å². The Kier molecular flexibility index (Phi) is 4.12. The van der Waals surface area contributed by atoms with Crippen LogP contribution in [0.25, 0.3) is 0 Å². The second kappa shape index (κ2) is 5.16. The van der Waals surface area contributed by atoms with Crippen molar-refractivity contribution in [1.29, 1.82) is 0 Å². The van der Waals surface area contributed by atoms with Crippen molar-refractivity contribution < 1.29 is 14.3 Å². The third kappa shape index (κ3) is 4.06. The number of benzene rings is 1. The van der Waals surface area contributed by atoms with E-state index in [2.05, 4.69) is 24.4 Å². The summed E-state index contributed by atoms with van der Waals surface area (Å²) < 4.78 is 10.3. The number of carbonyl (C=O) groups is 1. The summed E-state index contributed by atoms with van der Waals surface area (Å²) in [4.78, 5) is 11.3. The van der Waals surface area contributed by atoms with E-state index in [1.807, 2.05) is 6.07 Å². The fraction of sp³-hybridized carbons (Fsp3) is 0.417. The van der Waals surface area contributed by atoms with Gasteiger partial charge in [-0.15, -0.1) is 0 Å². The van der Waals surface area contributed by atoms with Gasteiger partial charge in [-0.1, -0.05) is 25.7 Å². The molecule has 16 heavy (non-hydrogen) atoms. The molecule has 0 saturated heterocycles. The first-order valence-electron chi connectivity index (χ1n) is 5.23. The molecule has 0 fully saturated rings. The van der Waals surface area contributed by atoms with Crippen LogP contribution in [-0.2, 0) is 4.74 Å². The van der Waals surface area contributed by atoms with Gasteiger partial charge in [-0.25, -0.2) is 4.79 Å². The van der Waals surface area contributed by atoms with Crippen LogP contribution < -0.4 is 4.74 Å². The van der Waals surface area contributed by atoms with Crippen LogP contribution in [0.3, 0.4) is 0 Å². The van der Waals surface area contributed by atoms with Gasteiger partial charge in [0.05, 0.1) is 27.0 Å². The molecule has 0 aromatic heterocycles. The molecule has 0 unspecified atom stereocenters. The number of rotatable bonds is 4. The summed E-state index contributed by atoms with van der Waals surface area (Å²) in [6.45, 7) is 6.70. The molecule has 0 saturated carbocycles. The van der Waals surface area contributed by atoms with Crippen LogP contribution >= 0.6 is 0 Å². The van der Waals surface area contributed by atoms with E-state index in [0.717, 1.165) is 12.0 Å². The second-order valence-corrected chi connectivity index (χ2v) is 10.3. The van der Waals surface area contributed by atoms with E-state index in [9.17, 15) is 4.79 Å². The van der Waals surface area contributed by atoms with Crippen LogP contribution in [0.5, 0.6) is 5.75 Å². The fourth-order valence-electron chi connectivity index (χ4n) is 1.13. The maximum atomic E-state index is 11.3. The predicted molar refractivity (Wildman–Crippen MR) is 66.6 cm³/mol. The Bertz CT molecular complexity index is 369. The van der Waals surface area contributed by atoms with Crippen molar-refractivity contribution in [2.75, 3.05) is 13.3 Å². The molecule has 0 radical (unpaired) electrons. The number of hydrogen-bond acceptors (Lipinski definition) is 3. The van der Waals surface area contributed by atoms with Gasteiger partial charge in [0.2, 0.25) is 0 Å². The summed E-state index contributed by atoms with van der Waals surface area (Å²) in [6.07, 6.45) is 0.748. The molecule has 0 aliphatic heterocycles. The molecule has 0 heterocycles. The lowest BCUT2D eigenvalue weighted by atomic mass is 10.2. The number of esters is 1. The summed E-state index contributed by atoms with van der Waals surface area (Å²) >= 11 is 0. The SMILES string of the molecule is COC(=O)c1cccc(OC[Si](C)(C)C)c1. The topological polar surface area (TPSA) is 35.5 Å². The third-order valence-corrected chi connectivity index (χ3v) is 2.94. The summed E-state index contributed by atoms with van der Waals surface area (Å²) in [6, 6.07) is 7.08. The summed E-state index contributed by atoms with van der Waals surface area (Å²) in [5.41, 5.74) is 0.524. The zero-order valence-electron chi connectivity index (χ0n) is 10.2. The Morgan fingerprint density at radius 3 is 2.56 bits per heavy atom. The van der Waals surface area contributed by atoms with Crippen molar-refractivity contribution in [1.82, 2.24) is 0 Å². The predicted octanol–water partition coefficient (Wildman–Crippen LogP) is 2.73. The zero-order valence-corrected chi connectivity index (χ0v) is 11.2. The van der Waals surface area contributed by atoms with E-state index in [4.69, 9.17) is 4.74 Å². The Morgan fingerprint density at radius 1 is 1.31 bits per heavy atom. The lowest BCUT2D eigenvalue weighted by Crippen LogP contribution is -2.30. The highest BCUT2D eigenvalue weighted by atomic mass is 28.3. The molecule has 4 heteroatoms. The average Bonchev–Trinajstić information content (AvgIpc) is 2.25. The molecular weight excluding hydrogens is 220 g/mol. The fourth-order valence-corrected chi connectivity index (χ4v) is 1.73. The molecule has 0 amide bonds. The quantitative estimate of drug-likeness (QED) is 0.597. The molecule has 0 atom stereocenters. The largest absolute Gasteiger partial charge is 0.497 e. The van der Waals surface area contributed by atoms with Gasteiger partial charge in [-0.05, 0) is 18.2 Å². The van der Waals surface area contributed by atoms with Crippen molar-refractivity contribution in [2.24, 2.45) is 0 Å². The number of ether oxygens (including phenoxy) is 2. The highest BCUT2D eigenvalue weighted by Gasteiger charge is 2.14. The zero-order chi connectivity index (χ0) is 12.2. The Balaban J connectivity index is 2.71. The van der Waals surface area contributed by atoms with Crippen LogP contribution in [0.1, 0.15) is 10.4 Å². The molecule has 3 nitrogen and oxygen atoms in total. The van der Waals surface area contributed by atoms with Crippen LogP contribution in [0, 0.1) is 0 Å². The van der Waals surface area contributed by atoms with Crippen molar-refractivity contribution >= 4 is 14.0 Å². The van der Waals surface area contributed by atoms with Crippen molar-refractivity contribution in [3.63, 3.8) is 0 Å². The van der Waals surface area contributed by atoms with Gasteiger partial charge in [0, 0.05) is 0 Å². The van der Waals surface area contributed by atoms with E-state index in [0.29, 0.717) is 5.56 Å². The highest BCUT2D eigenvalue weighted by molar-refractivity contribution is 6.76. The minimum Gasteiger partial charge on any atom is -0.497 e. The Labute approximate surface area is 97.4 Å². The van der Waals surface area contributed by atoms with Gasteiger partial charge in [-0.3, -0.25) is 0 Å². The van der Waals surface area contributed by atoms with Crippen LogP contribution in [-0.4, -0.2) is 27.4 Å². The van der Waals surface area contributed by atoms with Gasteiger partial charge < -0.3 is 9.47 Å². The van der Waals surface area contributed by atoms with E-state index >= 15 is 0 Å². The molecule has 0 spiro atoms. The third-order valence-electron chi connectivity index (χ3n) is 1.93. The minimum absolute atomic E-state index is 0.335. The monoisotopic (exact) mass is 238 g/mol. The number of carbonyl (C=O) groups excluding carboxylic acids is 1. The van der Waals surface area contributed by atoms with Crippen molar-refractivity contribution in [3.05, 3.63) is 29.8 Å². The molecule has 88 valence electrons. The molecular formula is C12H18O3Si. The highest BCUT2D eigenvalue weighted by Crippen LogP contribution is 2.15. The standard InChI is InChI=1S/C12H18O3Si/c1-14-12(13)10-6-5-7-11(8-10)15-9-16(2,3)4/h5-8H,9H2,1-4H3. The van der Waals surface area contributed by atoms with Crippen LogP contribution in [0.4, 0.5) is 0 Å². The molecule has 1 aromatic carbocycles. The first kappa shape index (κ1) is 12.8. The summed E-state index contributed by atoms with van der Waals surface area (Å²) in [7, 11) is 0.142. The van der Waals surface area contributed by atoms with E-state index in [-0.39, 0.29) is 5.97 Å².